The molecule has 0 amide bonds. The predicted molar refractivity (Wildman–Crippen MR) is 171 cm³/mol. The van der Waals surface area contributed by atoms with Crippen LogP contribution in [0, 0.1) is 24.0 Å². The Balaban J connectivity index is 1.70. The van der Waals surface area contributed by atoms with Gasteiger partial charge in [-0.05, 0) is 78.9 Å². The Morgan fingerprint density at radius 3 is 2.02 bits per heavy atom. The van der Waals surface area contributed by atoms with Gasteiger partial charge in [0.1, 0.15) is 13.2 Å². The van der Waals surface area contributed by atoms with Crippen molar-refractivity contribution in [2.24, 2.45) is 5.41 Å². The van der Waals surface area contributed by atoms with Gasteiger partial charge in [0.15, 0.2) is 33.0 Å². The van der Waals surface area contributed by atoms with Crippen LogP contribution in [0.5, 0.6) is 11.5 Å². The van der Waals surface area contributed by atoms with E-state index in [1.54, 1.807) is 43.3 Å². The van der Waals surface area contributed by atoms with Crippen LogP contribution in [0.4, 0.5) is 14.5 Å². The fourth-order valence-corrected chi connectivity index (χ4v) is 8.44. The molecule has 9 heteroatoms. The first kappa shape index (κ1) is 33.7. The summed E-state index contributed by atoms with van der Waals surface area (Å²) in [7, 11) is -0.0246. The van der Waals surface area contributed by atoms with Gasteiger partial charge in [-0.25, -0.2) is 17.2 Å². The molecular weight excluding hydrogens is 584 g/mol. The lowest BCUT2D eigenvalue weighted by Crippen LogP contribution is -2.43. The second kappa shape index (κ2) is 14.3. The molecule has 3 aromatic rings. The number of unbranched alkanes of at least 4 members (excludes halogenated alkanes) is 2. The summed E-state index contributed by atoms with van der Waals surface area (Å²) < 4.78 is 68.7. The van der Waals surface area contributed by atoms with E-state index in [0.717, 1.165) is 36.9 Å². The summed E-state index contributed by atoms with van der Waals surface area (Å²) in [6.07, 6.45) is 3.34. The van der Waals surface area contributed by atoms with Gasteiger partial charge < -0.3 is 19.5 Å². The first-order chi connectivity index (χ1) is 20.9. The molecule has 1 N–H and O–H groups in total. The van der Waals surface area contributed by atoms with Gasteiger partial charge in [0.05, 0.1) is 16.8 Å². The zero-order valence-electron chi connectivity index (χ0n) is 26.4. The molecule has 240 valence electrons. The highest BCUT2D eigenvalue weighted by Crippen LogP contribution is 2.50. The molecule has 4 rings (SSSR count). The molecule has 0 unspecified atom stereocenters. The summed E-state index contributed by atoms with van der Waals surface area (Å²) in [6, 6.07) is 14.4. The number of aliphatic hydroxyl groups is 1. The van der Waals surface area contributed by atoms with Gasteiger partial charge in [0.2, 0.25) is 0 Å². The van der Waals surface area contributed by atoms with Crippen molar-refractivity contribution in [1.82, 2.24) is 0 Å². The van der Waals surface area contributed by atoms with Crippen LogP contribution in [0.25, 0.3) is 0 Å². The molecular formula is C35H45F2NO5S. The maximum absolute atomic E-state index is 15.6. The molecule has 0 saturated heterocycles. The van der Waals surface area contributed by atoms with E-state index >= 15 is 4.39 Å². The van der Waals surface area contributed by atoms with Gasteiger partial charge in [-0.1, -0.05) is 51.7 Å². The van der Waals surface area contributed by atoms with Gasteiger partial charge in [-0.2, -0.15) is 0 Å². The quantitative estimate of drug-likeness (QED) is 0.198. The number of hydrogen-bond donors (Lipinski definition) is 1. The van der Waals surface area contributed by atoms with E-state index in [-0.39, 0.29) is 35.4 Å². The summed E-state index contributed by atoms with van der Waals surface area (Å²) in [5, 5.41) is 12.3. The van der Waals surface area contributed by atoms with Gasteiger partial charge in [0.25, 0.3) is 0 Å². The van der Waals surface area contributed by atoms with E-state index in [1.165, 1.54) is 18.2 Å². The summed E-state index contributed by atoms with van der Waals surface area (Å²) in [6.45, 7) is 5.89. The highest BCUT2D eigenvalue weighted by molar-refractivity contribution is 7.91. The van der Waals surface area contributed by atoms with Crippen molar-refractivity contribution < 1.29 is 31.8 Å². The minimum atomic E-state index is -3.76. The largest absolute Gasteiger partial charge is 0.487 e. The normalized spacial score (nSPS) is 18.7. The Kier molecular flexibility index (Phi) is 10.9. The Morgan fingerprint density at radius 1 is 0.886 bits per heavy atom. The molecule has 0 aromatic heterocycles. The summed E-state index contributed by atoms with van der Waals surface area (Å²) in [5.41, 5.74) is 1.63. The van der Waals surface area contributed by atoms with E-state index in [2.05, 4.69) is 13.8 Å². The van der Waals surface area contributed by atoms with Crippen LogP contribution in [0.15, 0.2) is 59.5 Å². The number of anilines is 1. The SMILES string of the molecule is CCCCC1(CCCC)CS(=O)(=O)c2ccc(N(C)C)cc2[C@H](c2ccc(OCCOc3ccc(C)cc3F)c(F)c2)[C@H]1O. The Morgan fingerprint density at radius 2 is 1.48 bits per heavy atom. The molecule has 3 aromatic carbocycles. The van der Waals surface area contributed by atoms with Crippen molar-refractivity contribution >= 4 is 15.5 Å². The third-order valence-corrected chi connectivity index (χ3v) is 10.7. The minimum absolute atomic E-state index is 0.0112. The van der Waals surface area contributed by atoms with Crippen molar-refractivity contribution in [2.75, 3.05) is 38.0 Å². The highest BCUT2D eigenvalue weighted by atomic mass is 32.2. The number of aliphatic hydroxyl groups excluding tert-OH is 1. The van der Waals surface area contributed by atoms with Crippen molar-refractivity contribution in [1.29, 1.82) is 0 Å². The summed E-state index contributed by atoms with van der Waals surface area (Å²) in [5.74, 6) is -1.96. The number of sulfone groups is 1. The lowest BCUT2D eigenvalue weighted by molar-refractivity contribution is 0.0126. The van der Waals surface area contributed by atoms with E-state index in [4.69, 9.17) is 9.47 Å². The van der Waals surface area contributed by atoms with Crippen molar-refractivity contribution in [2.45, 2.75) is 76.2 Å². The molecule has 0 saturated carbocycles. The average Bonchev–Trinajstić information content (AvgIpc) is 3.05. The molecule has 2 atom stereocenters. The first-order valence-electron chi connectivity index (χ1n) is 15.5. The first-order valence-corrected chi connectivity index (χ1v) is 17.1. The molecule has 0 radical (unpaired) electrons. The fraction of sp³-hybridized carbons (Fsp3) is 0.486. The van der Waals surface area contributed by atoms with Crippen LogP contribution in [0.1, 0.15) is 75.0 Å². The van der Waals surface area contributed by atoms with Gasteiger partial charge in [-0.15, -0.1) is 0 Å². The summed E-state index contributed by atoms with van der Waals surface area (Å²) >= 11 is 0. The van der Waals surface area contributed by atoms with E-state index in [1.807, 2.05) is 19.0 Å². The fourth-order valence-electron chi connectivity index (χ4n) is 6.24. The van der Waals surface area contributed by atoms with Crippen molar-refractivity contribution in [3.63, 3.8) is 0 Å². The van der Waals surface area contributed by atoms with Gasteiger partial charge >= 0.3 is 0 Å². The standard InChI is InChI=1S/C35H45F2NO5S/c1-6-8-16-35(17-9-7-2)23-44(40,41)32-15-12-26(38(4)5)22-27(32)33(34(35)39)25-11-14-31(29(37)21-25)43-19-18-42-30-13-10-24(3)20-28(30)36/h10-15,20-22,33-34,39H,6-9,16-19,23H2,1-5H3/t33-,34+/m0/s1. The number of hydrogen-bond acceptors (Lipinski definition) is 6. The smallest absolute Gasteiger partial charge is 0.179 e. The van der Waals surface area contributed by atoms with Crippen molar-refractivity contribution in [3.8, 4) is 11.5 Å². The molecule has 44 heavy (non-hydrogen) atoms. The van der Waals surface area contributed by atoms with E-state index < -0.39 is 38.9 Å². The van der Waals surface area contributed by atoms with Crippen LogP contribution in [0.2, 0.25) is 0 Å². The number of ether oxygens (including phenoxy) is 2. The second-order valence-electron chi connectivity index (χ2n) is 12.2. The predicted octanol–water partition coefficient (Wildman–Crippen LogP) is 7.44. The zero-order valence-corrected chi connectivity index (χ0v) is 27.2. The molecule has 0 aliphatic carbocycles. The third-order valence-electron chi connectivity index (χ3n) is 8.66. The van der Waals surface area contributed by atoms with Crippen molar-refractivity contribution in [3.05, 3.63) is 82.9 Å². The van der Waals surface area contributed by atoms with E-state index in [0.29, 0.717) is 24.0 Å². The molecule has 0 spiro atoms. The lowest BCUT2D eigenvalue weighted by atomic mass is 9.68. The number of aryl methyl sites for hydroxylation is 1. The number of halogens is 2. The van der Waals surface area contributed by atoms with Crippen LogP contribution in [-0.2, 0) is 9.84 Å². The third kappa shape index (κ3) is 7.37. The summed E-state index contributed by atoms with van der Waals surface area (Å²) in [4.78, 5) is 2.06. The van der Waals surface area contributed by atoms with Crippen LogP contribution >= 0.6 is 0 Å². The zero-order chi connectivity index (χ0) is 32.1. The van der Waals surface area contributed by atoms with E-state index in [9.17, 15) is 17.9 Å². The van der Waals surface area contributed by atoms with Crippen LogP contribution in [0.3, 0.4) is 0 Å². The molecule has 6 nitrogen and oxygen atoms in total. The number of fused-ring (bicyclic) bond motifs is 1. The Bertz CT molecular complexity index is 1530. The second-order valence-corrected chi connectivity index (χ2v) is 14.1. The molecule has 1 heterocycles. The average molecular weight is 630 g/mol. The molecule has 1 aliphatic heterocycles. The molecule has 1 aliphatic rings. The Labute approximate surface area is 260 Å². The number of nitrogens with zero attached hydrogens (tertiary/aromatic N) is 1. The van der Waals surface area contributed by atoms with Crippen LogP contribution < -0.4 is 14.4 Å². The highest BCUT2D eigenvalue weighted by Gasteiger charge is 2.49. The number of benzene rings is 3. The molecule has 0 bridgehead atoms. The minimum Gasteiger partial charge on any atom is -0.487 e. The monoisotopic (exact) mass is 629 g/mol. The van der Waals surface area contributed by atoms with Gasteiger partial charge in [-0.3, -0.25) is 0 Å². The number of rotatable bonds is 13. The lowest BCUT2D eigenvalue weighted by Gasteiger charge is -2.40. The molecule has 0 fully saturated rings. The van der Waals surface area contributed by atoms with Gasteiger partial charge in [0, 0.05) is 31.1 Å². The maximum Gasteiger partial charge on any atom is 0.179 e. The Hall–Kier alpha value is -3.17. The van der Waals surface area contributed by atoms with Crippen LogP contribution in [-0.4, -0.2) is 52.7 Å². The topological polar surface area (TPSA) is 76.1 Å². The maximum atomic E-state index is 15.6.